The second kappa shape index (κ2) is 4.81. The van der Waals surface area contributed by atoms with Crippen LogP contribution in [0.1, 0.15) is 46.0 Å². The molecule has 2 heteroatoms. The summed E-state index contributed by atoms with van der Waals surface area (Å²) in [5, 5.41) is 9.40. The highest BCUT2D eigenvalue weighted by Gasteiger charge is 2.50. The summed E-state index contributed by atoms with van der Waals surface area (Å²) in [5.74, 6) is 1.94. The van der Waals surface area contributed by atoms with E-state index in [-0.39, 0.29) is 0 Å². The summed E-state index contributed by atoms with van der Waals surface area (Å²) in [6.45, 7) is 5.02. The third-order valence-corrected chi connectivity index (χ3v) is 5.74. The van der Waals surface area contributed by atoms with Gasteiger partial charge in [0, 0.05) is 6.61 Å². The van der Waals surface area contributed by atoms with E-state index in [0.717, 1.165) is 5.92 Å². The molecule has 0 radical (unpaired) electrons. The first-order chi connectivity index (χ1) is 7.63. The van der Waals surface area contributed by atoms with Crippen LogP contribution < -0.4 is 0 Å². The number of halogens is 1. The average molecular weight is 287 g/mol. The molecule has 1 nitrogen and oxygen atoms in total. The van der Waals surface area contributed by atoms with Crippen molar-refractivity contribution < 1.29 is 5.11 Å². The molecule has 4 atom stereocenters. The van der Waals surface area contributed by atoms with E-state index in [9.17, 15) is 5.11 Å². The van der Waals surface area contributed by atoms with Crippen LogP contribution in [-0.4, -0.2) is 11.7 Å². The van der Waals surface area contributed by atoms with E-state index in [1.807, 2.05) is 0 Å². The standard InChI is InChI=1S/C14H23BrO/c1-10(9-16)12-5-6-13-11(8-15)4-3-7-14(12,13)2/h8,10,12-13,16H,3-7,9H2,1-2H3/b11-8+/t10?,12-,13-,14-/m1/s1. The quantitative estimate of drug-likeness (QED) is 0.810. The molecule has 2 saturated carbocycles. The lowest BCUT2D eigenvalue weighted by molar-refractivity contribution is 0.0691. The summed E-state index contributed by atoms with van der Waals surface area (Å²) >= 11 is 3.53. The molecule has 0 aromatic carbocycles. The summed E-state index contributed by atoms with van der Waals surface area (Å²) in [5.41, 5.74) is 2.06. The number of rotatable bonds is 2. The average Bonchev–Trinajstić information content (AvgIpc) is 2.64. The number of hydrogen-bond acceptors (Lipinski definition) is 1. The number of aliphatic hydroxyl groups is 1. The maximum atomic E-state index is 9.40. The minimum Gasteiger partial charge on any atom is -0.396 e. The van der Waals surface area contributed by atoms with E-state index in [4.69, 9.17) is 0 Å². The van der Waals surface area contributed by atoms with Crippen molar-refractivity contribution in [3.63, 3.8) is 0 Å². The Balaban J connectivity index is 2.23. The molecular formula is C14H23BrO. The first-order valence-corrected chi connectivity index (χ1v) is 7.45. The van der Waals surface area contributed by atoms with Crippen molar-refractivity contribution in [1.29, 1.82) is 0 Å². The fraction of sp³-hybridized carbons (Fsp3) is 0.857. The molecule has 0 spiro atoms. The number of allylic oxidation sites excluding steroid dienone is 1. The van der Waals surface area contributed by atoms with Gasteiger partial charge >= 0.3 is 0 Å². The highest BCUT2D eigenvalue weighted by molar-refractivity contribution is 9.11. The third-order valence-electron chi connectivity index (χ3n) is 5.15. The molecule has 1 N–H and O–H groups in total. The van der Waals surface area contributed by atoms with Gasteiger partial charge in [-0.25, -0.2) is 0 Å². The van der Waals surface area contributed by atoms with E-state index in [1.165, 1.54) is 32.1 Å². The van der Waals surface area contributed by atoms with Crippen LogP contribution in [0, 0.1) is 23.2 Å². The molecule has 0 bridgehead atoms. The first-order valence-electron chi connectivity index (χ1n) is 6.53. The van der Waals surface area contributed by atoms with Crippen molar-refractivity contribution in [2.45, 2.75) is 46.0 Å². The molecular weight excluding hydrogens is 264 g/mol. The van der Waals surface area contributed by atoms with Crippen LogP contribution in [0.2, 0.25) is 0 Å². The van der Waals surface area contributed by atoms with Gasteiger partial charge < -0.3 is 5.11 Å². The normalized spacial score (nSPS) is 43.4. The highest BCUT2D eigenvalue weighted by Crippen LogP contribution is 2.59. The minimum absolute atomic E-state index is 0.348. The lowest BCUT2D eigenvalue weighted by atomic mass is 9.61. The maximum absolute atomic E-state index is 9.40. The van der Waals surface area contributed by atoms with E-state index in [0.29, 0.717) is 23.9 Å². The van der Waals surface area contributed by atoms with Gasteiger partial charge in [-0.05, 0) is 60.3 Å². The Morgan fingerprint density at radius 2 is 2.31 bits per heavy atom. The number of hydrogen-bond donors (Lipinski definition) is 1. The minimum atomic E-state index is 0.348. The van der Waals surface area contributed by atoms with Crippen LogP contribution in [0.25, 0.3) is 0 Å². The first kappa shape index (κ1) is 12.6. The van der Waals surface area contributed by atoms with E-state index >= 15 is 0 Å². The predicted octanol–water partition coefficient (Wildman–Crippen LogP) is 4.11. The number of aliphatic hydroxyl groups excluding tert-OH is 1. The smallest absolute Gasteiger partial charge is 0.0459 e. The van der Waals surface area contributed by atoms with E-state index < -0.39 is 0 Å². The molecule has 0 aromatic rings. The fourth-order valence-corrected chi connectivity index (χ4v) is 4.82. The van der Waals surface area contributed by atoms with Crippen molar-refractivity contribution >= 4 is 15.9 Å². The van der Waals surface area contributed by atoms with Gasteiger partial charge in [0.15, 0.2) is 0 Å². The molecule has 0 saturated heterocycles. The van der Waals surface area contributed by atoms with Gasteiger partial charge in [-0.3, -0.25) is 0 Å². The molecule has 1 unspecified atom stereocenters. The Hall–Kier alpha value is 0.180. The van der Waals surface area contributed by atoms with Crippen LogP contribution in [0.5, 0.6) is 0 Å². The summed E-state index contributed by atoms with van der Waals surface area (Å²) in [6, 6.07) is 0. The monoisotopic (exact) mass is 286 g/mol. The molecule has 2 rings (SSSR count). The Bertz CT molecular complexity index is 286. The number of fused-ring (bicyclic) bond motifs is 1. The molecule has 2 aliphatic rings. The van der Waals surface area contributed by atoms with E-state index in [2.05, 4.69) is 34.8 Å². The summed E-state index contributed by atoms with van der Waals surface area (Å²) in [7, 11) is 0. The van der Waals surface area contributed by atoms with Crippen LogP contribution in [0.4, 0.5) is 0 Å². The molecule has 0 aliphatic heterocycles. The summed E-state index contributed by atoms with van der Waals surface area (Å²) in [6.07, 6.45) is 6.55. The van der Waals surface area contributed by atoms with Crippen LogP contribution in [0.3, 0.4) is 0 Å². The summed E-state index contributed by atoms with van der Waals surface area (Å²) < 4.78 is 0. The molecule has 16 heavy (non-hydrogen) atoms. The van der Waals surface area contributed by atoms with Crippen molar-refractivity contribution in [3.05, 3.63) is 10.6 Å². The Morgan fingerprint density at radius 1 is 1.56 bits per heavy atom. The van der Waals surface area contributed by atoms with Gasteiger partial charge in [-0.2, -0.15) is 0 Å². The molecule has 2 fully saturated rings. The molecule has 2 aliphatic carbocycles. The zero-order valence-corrected chi connectivity index (χ0v) is 12.0. The Morgan fingerprint density at radius 3 is 2.94 bits per heavy atom. The molecule has 0 amide bonds. The SMILES string of the molecule is CC(CO)[C@H]1CC[C@@H]2/C(=C/Br)CCC[C@@]21C. The second-order valence-electron chi connectivity index (χ2n) is 5.94. The van der Waals surface area contributed by atoms with Crippen molar-refractivity contribution in [1.82, 2.24) is 0 Å². The zero-order chi connectivity index (χ0) is 11.8. The summed E-state index contributed by atoms with van der Waals surface area (Å²) in [4.78, 5) is 2.17. The predicted molar refractivity (Wildman–Crippen MR) is 71.4 cm³/mol. The van der Waals surface area contributed by atoms with Crippen LogP contribution in [-0.2, 0) is 0 Å². The third kappa shape index (κ3) is 1.88. The van der Waals surface area contributed by atoms with Crippen molar-refractivity contribution in [2.75, 3.05) is 6.61 Å². The molecule has 0 heterocycles. The lowest BCUT2D eigenvalue weighted by Gasteiger charge is -2.44. The molecule has 92 valence electrons. The van der Waals surface area contributed by atoms with Gasteiger partial charge in [0.2, 0.25) is 0 Å². The van der Waals surface area contributed by atoms with E-state index in [1.54, 1.807) is 5.57 Å². The molecule has 0 aromatic heterocycles. The van der Waals surface area contributed by atoms with Crippen LogP contribution in [0.15, 0.2) is 10.6 Å². The van der Waals surface area contributed by atoms with Gasteiger partial charge in [0.1, 0.15) is 0 Å². The Labute approximate surface area is 107 Å². The van der Waals surface area contributed by atoms with Gasteiger partial charge in [0.05, 0.1) is 0 Å². The van der Waals surface area contributed by atoms with Crippen molar-refractivity contribution in [2.24, 2.45) is 23.2 Å². The topological polar surface area (TPSA) is 20.2 Å². The zero-order valence-electron chi connectivity index (χ0n) is 10.4. The van der Waals surface area contributed by atoms with Gasteiger partial charge in [-0.1, -0.05) is 35.4 Å². The van der Waals surface area contributed by atoms with Crippen molar-refractivity contribution in [3.8, 4) is 0 Å². The largest absolute Gasteiger partial charge is 0.396 e. The lowest BCUT2D eigenvalue weighted by Crippen LogP contribution is -2.36. The second-order valence-corrected chi connectivity index (χ2v) is 6.40. The maximum Gasteiger partial charge on any atom is 0.0459 e. The fourth-order valence-electron chi connectivity index (χ4n) is 4.27. The van der Waals surface area contributed by atoms with Gasteiger partial charge in [-0.15, -0.1) is 0 Å². The highest BCUT2D eigenvalue weighted by atomic mass is 79.9. The van der Waals surface area contributed by atoms with Gasteiger partial charge in [0.25, 0.3) is 0 Å². The van der Waals surface area contributed by atoms with Crippen LogP contribution >= 0.6 is 15.9 Å². The Kier molecular flexibility index (Phi) is 3.80.